The summed E-state index contributed by atoms with van der Waals surface area (Å²) in [7, 11) is 0. The summed E-state index contributed by atoms with van der Waals surface area (Å²) in [5, 5.41) is 0. The molecule has 4 heteroatoms. The highest BCUT2D eigenvalue weighted by atomic mass is 16.1. The van der Waals surface area contributed by atoms with Crippen LogP contribution in [0.5, 0.6) is 0 Å². The number of primary amides is 1. The van der Waals surface area contributed by atoms with Crippen molar-refractivity contribution in [1.82, 2.24) is 4.90 Å². The van der Waals surface area contributed by atoms with Gasteiger partial charge in [-0.15, -0.1) is 0 Å². The topological polar surface area (TPSA) is 49.6 Å². The van der Waals surface area contributed by atoms with Crippen molar-refractivity contribution in [2.45, 2.75) is 18.8 Å². The third-order valence-corrected chi connectivity index (χ3v) is 5.01. The van der Waals surface area contributed by atoms with Crippen LogP contribution in [0.3, 0.4) is 0 Å². The maximum atomic E-state index is 11.4. The molecule has 25 heavy (non-hydrogen) atoms. The van der Waals surface area contributed by atoms with E-state index >= 15 is 0 Å². The lowest BCUT2D eigenvalue weighted by Gasteiger charge is -2.36. The maximum Gasteiger partial charge on any atom is 0.218 e. The van der Waals surface area contributed by atoms with E-state index in [-0.39, 0.29) is 11.8 Å². The first-order valence-electron chi connectivity index (χ1n) is 9.08. The minimum absolute atomic E-state index is 0.214. The summed E-state index contributed by atoms with van der Waals surface area (Å²) in [5.74, 6) is -0.00592. The number of carbonyl (C=O) groups excluding carboxylic acids is 1. The SMILES string of the molecule is NC(=O)CC(CCN1CCN(c2ccccc2)CC1)c1ccccc1. The molecule has 132 valence electrons. The van der Waals surface area contributed by atoms with Crippen molar-refractivity contribution in [2.24, 2.45) is 5.73 Å². The van der Waals surface area contributed by atoms with E-state index in [0.29, 0.717) is 6.42 Å². The van der Waals surface area contributed by atoms with Crippen LogP contribution in [0.1, 0.15) is 24.3 Å². The fraction of sp³-hybridized carbons (Fsp3) is 0.381. The molecule has 1 saturated heterocycles. The summed E-state index contributed by atoms with van der Waals surface area (Å²) in [6.45, 7) is 5.24. The zero-order valence-electron chi connectivity index (χ0n) is 14.7. The minimum atomic E-state index is -0.220. The summed E-state index contributed by atoms with van der Waals surface area (Å²) in [6, 6.07) is 20.9. The molecule has 1 aliphatic heterocycles. The van der Waals surface area contributed by atoms with E-state index in [0.717, 1.165) is 39.1 Å². The van der Waals surface area contributed by atoms with Gasteiger partial charge in [-0.25, -0.2) is 0 Å². The van der Waals surface area contributed by atoms with Gasteiger partial charge in [0.25, 0.3) is 0 Å². The molecule has 1 atom stereocenters. The molecule has 1 aliphatic rings. The van der Waals surface area contributed by atoms with Gasteiger partial charge in [0, 0.05) is 38.3 Å². The van der Waals surface area contributed by atoms with Crippen LogP contribution < -0.4 is 10.6 Å². The summed E-state index contributed by atoms with van der Waals surface area (Å²) in [4.78, 5) is 16.4. The molecule has 0 saturated carbocycles. The second kappa shape index (κ2) is 8.67. The third kappa shape index (κ3) is 5.07. The molecule has 1 heterocycles. The number of amides is 1. The number of para-hydroxylation sites is 1. The van der Waals surface area contributed by atoms with Crippen LogP contribution in [0.25, 0.3) is 0 Å². The van der Waals surface area contributed by atoms with Gasteiger partial charge in [0.15, 0.2) is 0 Å². The monoisotopic (exact) mass is 337 g/mol. The van der Waals surface area contributed by atoms with Crippen molar-refractivity contribution in [3.05, 3.63) is 66.2 Å². The van der Waals surface area contributed by atoms with Crippen molar-refractivity contribution < 1.29 is 4.79 Å². The Morgan fingerprint density at radius 3 is 2.12 bits per heavy atom. The molecule has 4 nitrogen and oxygen atoms in total. The van der Waals surface area contributed by atoms with E-state index in [9.17, 15) is 4.79 Å². The molecule has 2 N–H and O–H groups in total. The normalized spacial score (nSPS) is 16.6. The highest BCUT2D eigenvalue weighted by molar-refractivity contribution is 5.74. The lowest BCUT2D eigenvalue weighted by Crippen LogP contribution is -2.46. The average molecular weight is 337 g/mol. The third-order valence-electron chi connectivity index (χ3n) is 5.01. The first-order valence-corrected chi connectivity index (χ1v) is 9.08. The highest BCUT2D eigenvalue weighted by Gasteiger charge is 2.20. The van der Waals surface area contributed by atoms with Crippen LogP contribution in [0, 0.1) is 0 Å². The van der Waals surface area contributed by atoms with Crippen molar-refractivity contribution in [3.8, 4) is 0 Å². The number of nitrogens with zero attached hydrogens (tertiary/aromatic N) is 2. The van der Waals surface area contributed by atoms with Crippen LogP contribution in [0.4, 0.5) is 5.69 Å². The molecular formula is C21H27N3O. The molecular weight excluding hydrogens is 310 g/mol. The lowest BCUT2D eigenvalue weighted by molar-refractivity contribution is -0.118. The van der Waals surface area contributed by atoms with Crippen molar-refractivity contribution in [3.63, 3.8) is 0 Å². The smallest absolute Gasteiger partial charge is 0.218 e. The Balaban J connectivity index is 1.51. The fourth-order valence-corrected chi connectivity index (χ4v) is 3.56. The minimum Gasteiger partial charge on any atom is -0.370 e. The zero-order chi connectivity index (χ0) is 17.5. The van der Waals surface area contributed by atoms with Gasteiger partial charge in [0.2, 0.25) is 5.91 Å². The van der Waals surface area contributed by atoms with E-state index in [1.807, 2.05) is 18.2 Å². The molecule has 0 bridgehead atoms. The molecule has 0 aliphatic carbocycles. The van der Waals surface area contributed by atoms with Crippen molar-refractivity contribution in [2.75, 3.05) is 37.6 Å². The molecule has 1 unspecified atom stereocenters. The summed E-state index contributed by atoms with van der Waals surface area (Å²) >= 11 is 0. The van der Waals surface area contributed by atoms with Gasteiger partial charge in [-0.1, -0.05) is 48.5 Å². The standard InChI is InChI=1S/C21H27N3O/c22-21(25)17-19(18-7-3-1-4-8-18)11-12-23-13-15-24(16-14-23)20-9-5-2-6-10-20/h1-10,19H,11-17H2,(H2,22,25). The number of anilines is 1. The van der Waals surface area contributed by atoms with Crippen LogP contribution in [-0.4, -0.2) is 43.5 Å². The first kappa shape index (κ1) is 17.5. The van der Waals surface area contributed by atoms with Gasteiger partial charge in [-0.2, -0.15) is 0 Å². The van der Waals surface area contributed by atoms with Crippen LogP contribution >= 0.6 is 0 Å². The largest absolute Gasteiger partial charge is 0.370 e. The van der Waals surface area contributed by atoms with E-state index < -0.39 is 0 Å². The number of hydrogen-bond acceptors (Lipinski definition) is 3. The summed E-state index contributed by atoms with van der Waals surface area (Å²) in [5.41, 5.74) is 7.98. The van der Waals surface area contributed by atoms with Gasteiger partial charge < -0.3 is 10.6 Å². The van der Waals surface area contributed by atoms with E-state index in [1.54, 1.807) is 0 Å². The van der Waals surface area contributed by atoms with E-state index in [2.05, 4.69) is 52.3 Å². The predicted octanol–water partition coefficient (Wildman–Crippen LogP) is 2.86. The van der Waals surface area contributed by atoms with Gasteiger partial charge in [-0.3, -0.25) is 9.69 Å². The van der Waals surface area contributed by atoms with Gasteiger partial charge in [-0.05, 0) is 36.6 Å². The number of rotatable bonds is 7. The molecule has 0 radical (unpaired) electrons. The second-order valence-electron chi connectivity index (χ2n) is 6.73. The molecule has 0 spiro atoms. The molecule has 0 aromatic heterocycles. The van der Waals surface area contributed by atoms with E-state index in [4.69, 9.17) is 5.73 Å². The van der Waals surface area contributed by atoms with Crippen molar-refractivity contribution >= 4 is 11.6 Å². The molecule has 1 amide bonds. The lowest BCUT2D eigenvalue weighted by atomic mass is 9.92. The Kier molecular flexibility index (Phi) is 6.07. The fourth-order valence-electron chi connectivity index (χ4n) is 3.56. The molecule has 3 rings (SSSR count). The highest BCUT2D eigenvalue weighted by Crippen LogP contribution is 2.24. The summed E-state index contributed by atoms with van der Waals surface area (Å²) < 4.78 is 0. The number of nitrogens with two attached hydrogens (primary N) is 1. The zero-order valence-corrected chi connectivity index (χ0v) is 14.7. The van der Waals surface area contributed by atoms with Crippen LogP contribution in [0.2, 0.25) is 0 Å². The Labute approximate surface area is 150 Å². The Bertz CT molecular complexity index is 651. The van der Waals surface area contributed by atoms with Crippen LogP contribution in [0.15, 0.2) is 60.7 Å². The summed E-state index contributed by atoms with van der Waals surface area (Å²) in [6.07, 6.45) is 1.40. The predicted molar refractivity (Wildman–Crippen MR) is 103 cm³/mol. The van der Waals surface area contributed by atoms with Crippen LogP contribution in [-0.2, 0) is 4.79 Å². The van der Waals surface area contributed by atoms with Gasteiger partial charge in [0.05, 0.1) is 0 Å². The van der Waals surface area contributed by atoms with Gasteiger partial charge in [0.1, 0.15) is 0 Å². The molecule has 2 aromatic rings. The number of carbonyl (C=O) groups is 1. The first-order chi connectivity index (χ1) is 12.2. The van der Waals surface area contributed by atoms with Crippen molar-refractivity contribution in [1.29, 1.82) is 0 Å². The quantitative estimate of drug-likeness (QED) is 0.845. The maximum absolute atomic E-state index is 11.4. The Hall–Kier alpha value is -2.33. The van der Waals surface area contributed by atoms with Gasteiger partial charge >= 0.3 is 0 Å². The number of benzene rings is 2. The number of hydrogen-bond donors (Lipinski definition) is 1. The molecule has 1 fully saturated rings. The Morgan fingerprint density at radius 1 is 0.920 bits per heavy atom. The molecule has 2 aromatic carbocycles. The Morgan fingerprint density at radius 2 is 1.52 bits per heavy atom. The second-order valence-corrected chi connectivity index (χ2v) is 6.73. The van der Waals surface area contributed by atoms with E-state index in [1.165, 1.54) is 11.3 Å². The number of piperazine rings is 1. The average Bonchev–Trinajstić information content (AvgIpc) is 2.67.